The van der Waals surface area contributed by atoms with Crippen LogP contribution in [0.5, 0.6) is 0 Å². The molecule has 0 aliphatic rings. The highest BCUT2D eigenvalue weighted by Crippen LogP contribution is 2.04. The first-order valence-electron chi connectivity index (χ1n) is 4.58. The molecule has 0 rings (SSSR count). The van der Waals surface area contributed by atoms with Crippen molar-refractivity contribution in [1.29, 1.82) is 0 Å². The normalized spacial score (nSPS) is 10.5. The highest BCUT2D eigenvalue weighted by molar-refractivity contribution is 4.88. The van der Waals surface area contributed by atoms with E-state index in [1.54, 1.807) is 0 Å². The number of hydrogen-bond acceptors (Lipinski definition) is 2. The maximum absolute atomic E-state index is 5.44. The lowest BCUT2D eigenvalue weighted by molar-refractivity contribution is -0.131. The lowest BCUT2D eigenvalue weighted by Gasteiger charge is -2.16. The van der Waals surface area contributed by atoms with E-state index in [9.17, 15) is 0 Å². The third kappa shape index (κ3) is 7.75. The van der Waals surface area contributed by atoms with E-state index in [1.165, 1.54) is 0 Å². The molecule has 76 valence electrons. The van der Waals surface area contributed by atoms with Crippen molar-refractivity contribution >= 4 is 0 Å². The fourth-order valence-electron chi connectivity index (χ4n) is 0.754. The van der Waals surface area contributed by atoms with Crippen LogP contribution in [-0.4, -0.2) is 19.5 Å². The first-order chi connectivity index (χ1) is 6.06. The van der Waals surface area contributed by atoms with Crippen LogP contribution in [0.4, 0.5) is 0 Å². The highest BCUT2D eigenvalue weighted by atomic mass is 16.7. The van der Waals surface area contributed by atoms with Crippen molar-refractivity contribution in [2.75, 3.05) is 13.2 Å². The van der Waals surface area contributed by atoms with Gasteiger partial charge < -0.3 is 9.47 Å². The van der Waals surface area contributed by atoms with Crippen molar-refractivity contribution in [3.05, 3.63) is 24.3 Å². The lowest BCUT2D eigenvalue weighted by atomic mass is 10.3. The second-order valence-corrected chi connectivity index (χ2v) is 3.37. The summed E-state index contributed by atoms with van der Waals surface area (Å²) in [5.74, 6) is 0. The van der Waals surface area contributed by atoms with Crippen molar-refractivity contribution in [3.8, 4) is 0 Å². The molecule has 0 aromatic carbocycles. The summed E-state index contributed by atoms with van der Waals surface area (Å²) >= 11 is 0. The average Bonchev–Trinajstić information content (AvgIpc) is 2.04. The molecule has 0 radical (unpaired) electrons. The molecule has 0 bridgehead atoms. The Morgan fingerprint density at radius 3 is 1.69 bits per heavy atom. The van der Waals surface area contributed by atoms with E-state index < -0.39 is 0 Å². The van der Waals surface area contributed by atoms with Gasteiger partial charge >= 0.3 is 0 Å². The maximum atomic E-state index is 5.44. The quantitative estimate of drug-likeness (QED) is 0.447. The van der Waals surface area contributed by atoms with E-state index in [0.29, 0.717) is 13.2 Å². The van der Waals surface area contributed by atoms with Gasteiger partial charge in [0.2, 0.25) is 0 Å². The standard InChI is InChI=1S/C11H20O2/c1-6-11(12-7-9(2)3)13-8-10(4)5/h11H,2,4,6-8H2,1,3,5H3. The van der Waals surface area contributed by atoms with Gasteiger partial charge in [0, 0.05) is 0 Å². The molecule has 0 aromatic rings. The lowest BCUT2D eigenvalue weighted by Crippen LogP contribution is -2.18. The van der Waals surface area contributed by atoms with E-state index in [4.69, 9.17) is 9.47 Å². The minimum absolute atomic E-state index is 0.131. The van der Waals surface area contributed by atoms with Gasteiger partial charge in [-0.1, -0.05) is 31.2 Å². The van der Waals surface area contributed by atoms with Gasteiger partial charge in [-0.2, -0.15) is 0 Å². The van der Waals surface area contributed by atoms with Crippen molar-refractivity contribution in [1.82, 2.24) is 0 Å². The Hall–Kier alpha value is -0.600. The molecule has 0 heterocycles. The van der Waals surface area contributed by atoms with Gasteiger partial charge in [0.05, 0.1) is 13.2 Å². The fraction of sp³-hybridized carbons (Fsp3) is 0.636. The number of ether oxygens (including phenoxy) is 2. The van der Waals surface area contributed by atoms with Crippen LogP contribution in [0.2, 0.25) is 0 Å². The molecule has 0 aromatic heterocycles. The third-order valence-electron chi connectivity index (χ3n) is 1.36. The summed E-state index contributed by atoms with van der Waals surface area (Å²) < 4.78 is 10.9. The molecule has 0 amide bonds. The maximum Gasteiger partial charge on any atom is 0.158 e. The van der Waals surface area contributed by atoms with Gasteiger partial charge in [0.25, 0.3) is 0 Å². The Labute approximate surface area is 81.2 Å². The second-order valence-electron chi connectivity index (χ2n) is 3.37. The monoisotopic (exact) mass is 184 g/mol. The van der Waals surface area contributed by atoms with Gasteiger partial charge in [0.1, 0.15) is 0 Å². The molecule has 0 aliphatic carbocycles. The number of rotatable bonds is 7. The van der Waals surface area contributed by atoms with E-state index in [1.807, 2.05) is 20.8 Å². The summed E-state index contributed by atoms with van der Waals surface area (Å²) in [7, 11) is 0. The molecular weight excluding hydrogens is 164 g/mol. The van der Waals surface area contributed by atoms with Crippen LogP contribution in [-0.2, 0) is 9.47 Å². The molecule has 0 atom stereocenters. The molecule has 2 nitrogen and oxygen atoms in total. The van der Waals surface area contributed by atoms with E-state index in [-0.39, 0.29) is 6.29 Å². The Kier molecular flexibility index (Phi) is 6.55. The molecule has 0 saturated heterocycles. The van der Waals surface area contributed by atoms with Crippen molar-refractivity contribution in [2.24, 2.45) is 0 Å². The zero-order valence-corrected chi connectivity index (χ0v) is 8.93. The highest BCUT2D eigenvalue weighted by Gasteiger charge is 2.05. The Balaban J connectivity index is 3.63. The first-order valence-corrected chi connectivity index (χ1v) is 4.58. The molecule has 0 saturated carbocycles. The van der Waals surface area contributed by atoms with E-state index >= 15 is 0 Å². The van der Waals surface area contributed by atoms with Crippen molar-refractivity contribution in [3.63, 3.8) is 0 Å². The molecule has 0 N–H and O–H groups in total. The van der Waals surface area contributed by atoms with Crippen LogP contribution in [0, 0.1) is 0 Å². The summed E-state index contributed by atoms with van der Waals surface area (Å²) in [5.41, 5.74) is 2.02. The van der Waals surface area contributed by atoms with Crippen LogP contribution in [0.1, 0.15) is 27.2 Å². The average molecular weight is 184 g/mol. The van der Waals surface area contributed by atoms with Gasteiger partial charge in [0.15, 0.2) is 6.29 Å². The SMILES string of the molecule is C=C(C)COC(CC)OCC(=C)C. The summed E-state index contributed by atoms with van der Waals surface area (Å²) in [6.07, 6.45) is 0.717. The second kappa shape index (κ2) is 6.87. The minimum atomic E-state index is -0.131. The summed E-state index contributed by atoms with van der Waals surface area (Å²) in [5, 5.41) is 0. The molecule has 0 spiro atoms. The Morgan fingerprint density at radius 2 is 1.46 bits per heavy atom. The smallest absolute Gasteiger partial charge is 0.158 e. The molecule has 13 heavy (non-hydrogen) atoms. The first kappa shape index (κ1) is 12.4. The van der Waals surface area contributed by atoms with Gasteiger partial charge in [-0.3, -0.25) is 0 Å². The predicted molar refractivity (Wildman–Crippen MR) is 55.6 cm³/mol. The van der Waals surface area contributed by atoms with Crippen LogP contribution < -0.4 is 0 Å². The largest absolute Gasteiger partial charge is 0.348 e. The van der Waals surface area contributed by atoms with Gasteiger partial charge in [-0.15, -0.1) is 0 Å². The molecular formula is C11H20O2. The predicted octanol–water partition coefficient (Wildman–Crippen LogP) is 2.91. The Bertz CT molecular complexity index is 155. The minimum Gasteiger partial charge on any atom is -0.348 e. The zero-order chi connectivity index (χ0) is 10.3. The number of hydrogen-bond donors (Lipinski definition) is 0. The van der Waals surface area contributed by atoms with Gasteiger partial charge in [-0.25, -0.2) is 0 Å². The zero-order valence-electron chi connectivity index (χ0n) is 8.93. The van der Waals surface area contributed by atoms with Gasteiger partial charge in [-0.05, 0) is 20.3 Å². The summed E-state index contributed by atoms with van der Waals surface area (Å²) in [6.45, 7) is 14.5. The van der Waals surface area contributed by atoms with Crippen LogP contribution in [0.3, 0.4) is 0 Å². The van der Waals surface area contributed by atoms with E-state index in [0.717, 1.165) is 17.6 Å². The summed E-state index contributed by atoms with van der Waals surface area (Å²) in [6, 6.07) is 0. The van der Waals surface area contributed by atoms with Crippen molar-refractivity contribution < 1.29 is 9.47 Å². The van der Waals surface area contributed by atoms with Crippen LogP contribution >= 0.6 is 0 Å². The molecule has 0 aliphatic heterocycles. The Morgan fingerprint density at radius 1 is 1.08 bits per heavy atom. The van der Waals surface area contributed by atoms with Crippen LogP contribution in [0.25, 0.3) is 0 Å². The molecule has 0 fully saturated rings. The van der Waals surface area contributed by atoms with E-state index in [2.05, 4.69) is 13.2 Å². The summed E-state index contributed by atoms with van der Waals surface area (Å²) in [4.78, 5) is 0. The van der Waals surface area contributed by atoms with Crippen LogP contribution in [0.15, 0.2) is 24.3 Å². The molecule has 2 heteroatoms. The fourth-order valence-corrected chi connectivity index (χ4v) is 0.754. The topological polar surface area (TPSA) is 18.5 Å². The molecule has 0 unspecified atom stereocenters. The third-order valence-corrected chi connectivity index (χ3v) is 1.36. The van der Waals surface area contributed by atoms with Crippen molar-refractivity contribution in [2.45, 2.75) is 33.5 Å².